The van der Waals surface area contributed by atoms with Crippen LogP contribution in [0.4, 0.5) is 5.69 Å². The maximum Gasteiger partial charge on any atom is 0.227 e. The van der Waals surface area contributed by atoms with Gasteiger partial charge in [0.25, 0.3) is 0 Å². The van der Waals surface area contributed by atoms with Gasteiger partial charge in [-0.05, 0) is 49.1 Å². The Kier molecular flexibility index (Phi) is 8.85. The number of fused-ring (bicyclic) bond motifs is 1. The number of anilines is 1. The van der Waals surface area contributed by atoms with Crippen molar-refractivity contribution in [2.45, 2.75) is 46.2 Å². The molecule has 0 saturated heterocycles. The number of pyridine rings is 1. The molecule has 0 atom stereocenters. The lowest BCUT2D eigenvalue weighted by molar-refractivity contribution is -0.131. The SMILES string of the molecule is CC(=O)N1CCCN(Cc2ccccn2)CCCN(C(=O)Cc2ccc(C)cc2)Cc2ccccc21. The number of benzene rings is 2. The molecule has 188 valence electrons. The summed E-state index contributed by atoms with van der Waals surface area (Å²) in [5.74, 6) is 0.129. The van der Waals surface area contributed by atoms with Gasteiger partial charge in [0.1, 0.15) is 0 Å². The van der Waals surface area contributed by atoms with E-state index in [-0.39, 0.29) is 11.8 Å². The normalized spacial score (nSPS) is 15.5. The predicted molar refractivity (Wildman–Crippen MR) is 144 cm³/mol. The Labute approximate surface area is 214 Å². The van der Waals surface area contributed by atoms with Crippen LogP contribution in [0.3, 0.4) is 0 Å². The Morgan fingerprint density at radius 1 is 0.861 bits per heavy atom. The number of hydrogen-bond acceptors (Lipinski definition) is 4. The summed E-state index contributed by atoms with van der Waals surface area (Å²) in [6, 6.07) is 22.1. The number of hydrogen-bond donors (Lipinski definition) is 0. The molecule has 0 N–H and O–H groups in total. The number of amides is 2. The Morgan fingerprint density at radius 3 is 2.31 bits per heavy atom. The fourth-order valence-corrected chi connectivity index (χ4v) is 4.77. The fourth-order valence-electron chi connectivity index (χ4n) is 4.77. The highest BCUT2D eigenvalue weighted by Crippen LogP contribution is 2.24. The van der Waals surface area contributed by atoms with Crippen molar-refractivity contribution in [2.24, 2.45) is 0 Å². The van der Waals surface area contributed by atoms with Crippen LogP contribution in [0.1, 0.15) is 42.1 Å². The largest absolute Gasteiger partial charge is 0.338 e. The van der Waals surface area contributed by atoms with Crippen molar-refractivity contribution >= 4 is 17.5 Å². The molecule has 0 bridgehead atoms. The first-order valence-corrected chi connectivity index (χ1v) is 12.8. The maximum absolute atomic E-state index is 13.5. The molecule has 0 saturated carbocycles. The first kappa shape index (κ1) is 25.6. The molecule has 6 heteroatoms. The molecule has 1 aromatic heterocycles. The van der Waals surface area contributed by atoms with Crippen molar-refractivity contribution in [3.05, 3.63) is 95.3 Å². The van der Waals surface area contributed by atoms with Crippen molar-refractivity contribution in [2.75, 3.05) is 31.1 Å². The van der Waals surface area contributed by atoms with Crippen LogP contribution in [0.5, 0.6) is 0 Å². The zero-order valence-electron chi connectivity index (χ0n) is 21.4. The highest BCUT2D eigenvalue weighted by Gasteiger charge is 2.21. The summed E-state index contributed by atoms with van der Waals surface area (Å²) < 4.78 is 0. The summed E-state index contributed by atoms with van der Waals surface area (Å²) in [6.07, 6.45) is 3.95. The van der Waals surface area contributed by atoms with Crippen LogP contribution >= 0.6 is 0 Å². The van der Waals surface area contributed by atoms with Crippen LogP contribution < -0.4 is 4.90 Å². The third-order valence-corrected chi connectivity index (χ3v) is 6.72. The molecule has 3 aromatic rings. The van der Waals surface area contributed by atoms with E-state index in [1.807, 2.05) is 70.6 Å². The zero-order valence-corrected chi connectivity index (χ0v) is 21.4. The van der Waals surface area contributed by atoms with Crippen molar-refractivity contribution < 1.29 is 9.59 Å². The van der Waals surface area contributed by atoms with Gasteiger partial charge in [-0.1, -0.05) is 54.1 Å². The quantitative estimate of drug-likeness (QED) is 0.543. The van der Waals surface area contributed by atoms with E-state index in [1.165, 1.54) is 5.56 Å². The molecule has 0 radical (unpaired) electrons. The van der Waals surface area contributed by atoms with Crippen molar-refractivity contribution in [3.8, 4) is 0 Å². The number of rotatable bonds is 4. The molecule has 2 heterocycles. The monoisotopic (exact) mass is 484 g/mol. The molecule has 6 nitrogen and oxygen atoms in total. The molecule has 0 unspecified atom stereocenters. The Hall–Kier alpha value is -3.51. The highest BCUT2D eigenvalue weighted by atomic mass is 16.2. The van der Waals surface area contributed by atoms with E-state index in [2.05, 4.69) is 28.9 Å². The average molecular weight is 485 g/mol. The molecule has 0 fully saturated rings. The number of carbonyl (C=O) groups is 2. The van der Waals surface area contributed by atoms with E-state index in [9.17, 15) is 9.59 Å². The highest BCUT2D eigenvalue weighted by molar-refractivity contribution is 5.92. The summed E-state index contributed by atoms with van der Waals surface area (Å²) in [4.78, 5) is 36.8. The molecule has 2 aromatic carbocycles. The Bertz CT molecular complexity index is 1150. The number of aryl methyl sites for hydroxylation is 1. The minimum Gasteiger partial charge on any atom is -0.338 e. The molecule has 2 amide bonds. The predicted octanol–water partition coefficient (Wildman–Crippen LogP) is 4.61. The van der Waals surface area contributed by atoms with Gasteiger partial charge in [0, 0.05) is 58.1 Å². The molecular formula is C30H36N4O2. The summed E-state index contributed by atoms with van der Waals surface area (Å²) >= 11 is 0. The second-order valence-electron chi connectivity index (χ2n) is 9.58. The van der Waals surface area contributed by atoms with E-state index < -0.39 is 0 Å². The van der Waals surface area contributed by atoms with E-state index >= 15 is 0 Å². The minimum atomic E-state index is 0.0216. The first-order chi connectivity index (χ1) is 17.5. The molecule has 1 aliphatic heterocycles. The lowest BCUT2D eigenvalue weighted by Gasteiger charge is -2.31. The van der Waals surface area contributed by atoms with Gasteiger partial charge in [0.05, 0.1) is 12.1 Å². The smallest absolute Gasteiger partial charge is 0.227 e. The number of aromatic nitrogens is 1. The second kappa shape index (κ2) is 12.5. The lowest BCUT2D eigenvalue weighted by atomic mass is 10.1. The summed E-state index contributed by atoms with van der Waals surface area (Å²) in [5, 5.41) is 0. The topological polar surface area (TPSA) is 56.8 Å². The average Bonchev–Trinajstić information content (AvgIpc) is 2.87. The van der Waals surface area contributed by atoms with Gasteiger partial charge in [0.2, 0.25) is 11.8 Å². The van der Waals surface area contributed by atoms with Gasteiger partial charge in [0.15, 0.2) is 0 Å². The summed E-state index contributed by atoms with van der Waals surface area (Å²) in [5.41, 5.74) is 5.15. The number of carbonyl (C=O) groups excluding carboxylic acids is 2. The fraction of sp³-hybridized carbons (Fsp3) is 0.367. The molecule has 1 aliphatic rings. The van der Waals surface area contributed by atoms with Gasteiger partial charge in [-0.3, -0.25) is 19.5 Å². The van der Waals surface area contributed by atoms with Crippen LogP contribution in [0.2, 0.25) is 0 Å². The van der Waals surface area contributed by atoms with Gasteiger partial charge in [-0.25, -0.2) is 0 Å². The minimum absolute atomic E-state index is 0.0216. The van der Waals surface area contributed by atoms with Gasteiger partial charge in [-0.15, -0.1) is 0 Å². The molecule has 4 rings (SSSR count). The summed E-state index contributed by atoms with van der Waals surface area (Å²) in [7, 11) is 0. The van der Waals surface area contributed by atoms with Crippen molar-refractivity contribution in [1.82, 2.24) is 14.8 Å². The second-order valence-corrected chi connectivity index (χ2v) is 9.58. The number of para-hydroxylation sites is 1. The van der Waals surface area contributed by atoms with Crippen molar-refractivity contribution in [3.63, 3.8) is 0 Å². The molecule has 0 aliphatic carbocycles. The lowest BCUT2D eigenvalue weighted by Crippen LogP contribution is -2.38. The Balaban J connectivity index is 1.58. The van der Waals surface area contributed by atoms with Gasteiger partial charge in [-0.2, -0.15) is 0 Å². The van der Waals surface area contributed by atoms with Crippen LogP contribution in [-0.2, 0) is 29.1 Å². The van der Waals surface area contributed by atoms with E-state index in [1.54, 1.807) is 6.92 Å². The first-order valence-electron chi connectivity index (χ1n) is 12.8. The van der Waals surface area contributed by atoms with Crippen molar-refractivity contribution in [1.29, 1.82) is 0 Å². The summed E-state index contributed by atoms with van der Waals surface area (Å²) in [6.45, 7) is 7.96. The number of nitrogens with zero attached hydrogens (tertiary/aromatic N) is 4. The Morgan fingerprint density at radius 2 is 1.58 bits per heavy atom. The van der Waals surface area contributed by atoms with E-state index in [0.717, 1.165) is 55.0 Å². The van der Waals surface area contributed by atoms with E-state index in [0.29, 0.717) is 26.1 Å². The van der Waals surface area contributed by atoms with Gasteiger partial charge >= 0.3 is 0 Å². The molecular weight excluding hydrogens is 448 g/mol. The van der Waals surface area contributed by atoms with Gasteiger partial charge < -0.3 is 9.80 Å². The van der Waals surface area contributed by atoms with Crippen LogP contribution in [0, 0.1) is 6.92 Å². The van der Waals surface area contributed by atoms with Crippen LogP contribution in [0.25, 0.3) is 0 Å². The third-order valence-electron chi connectivity index (χ3n) is 6.72. The maximum atomic E-state index is 13.5. The standard InChI is InChI=1S/C30H36N4O2/c1-24-12-14-26(15-13-24)21-30(36)33-19-7-17-32(23-28-10-5-6-16-31-28)18-8-20-34(25(2)35)29-11-4-3-9-27(29)22-33/h3-6,9-16H,7-8,17-23H2,1-2H3. The third kappa shape index (κ3) is 7.01. The van der Waals surface area contributed by atoms with Crippen LogP contribution in [-0.4, -0.2) is 52.8 Å². The molecule has 36 heavy (non-hydrogen) atoms. The molecule has 0 spiro atoms. The zero-order chi connectivity index (χ0) is 25.3. The van der Waals surface area contributed by atoms with E-state index in [4.69, 9.17) is 0 Å². The van der Waals surface area contributed by atoms with Crippen LogP contribution in [0.15, 0.2) is 72.9 Å².